The van der Waals surface area contributed by atoms with Gasteiger partial charge in [0, 0.05) is 11.8 Å². The molecular formula is C15H11F3N4O. The molecular weight excluding hydrogens is 309 g/mol. The molecule has 0 unspecified atom stereocenters. The Morgan fingerprint density at radius 1 is 1.13 bits per heavy atom. The van der Waals surface area contributed by atoms with Gasteiger partial charge in [0.15, 0.2) is 5.65 Å². The van der Waals surface area contributed by atoms with E-state index in [1.165, 1.54) is 0 Å². The standard InChI is InChI=1S/C15H11F3N4O/c1-9-20-21-13-12(3-2-8-22(9)13)19-14(23)10-4-6-11(7-5-10)15(16,17)18/h2-8H,1H3,(H,19,23). The highest BCUT2D eigenvalue weighted by molar-refractivity contribution is 6.05. The van der Waals surface area contributed by atoms with Crippen molar-refractivity contribution < 1.29 is 18.0 Å². The van der Waals surface area contributed by atoms with E-state index in [0.29, 0.717) is 17.2 Å². The van der Waals surface area contributed by atoms with Crippen LogP contribution in [-0.2, 0) is 6.18 Å². The summed E-state index contributed by atoms with van der Waals surface area (Å²) in [5.41, 5.74) is 0.212. The van der Waals surface area contributed by atoms with Crippen LogP contribution >= 0.6 is 0 Å². The van der Waals surface area contributed by atoms with Gasteiger partial charge in [0.25, 0.3) is 5.91 Å². The third kappa shape index (κ3) is 2.87. The number of fused-ring (bicyclic) bond motifs is 1. The van der Waals surface area contributed by atoms with Gasteiger partial charge in [0.1, 0.15) is 5.82 Å². The zero-order valence-corrected chi connectivity index (χ0v) is 11.9. The fraction of sp³-hybridized carbons (Fsp3) is 0.133. The van der Waals surface area contributed by atoms with Gasteiger partial charge >= 0.3 is 6.18 Å². The smallest absolute Gasteiger partial charge is 0.319 e. The number of aryl methyl sites for hydroxylation is 1. The molecule has 0 radical (unpaired) electrons. The van der Waals surface area contributed by atoms with Gasteiger partial charge in [-0.2, -0.15) is 13.2 Å². The molecule has 1 amide bonds. The number of anilines is 1. The van der Waals surface area contributed by atoms with Crippen LogP contribution in [0.25, 0.3) is 5.65 Å². The van der Waals surface area contributed by atoms with E-state index >= 15 is 0 Å². The number of halogens is 3. The second-order valence-electron chi connectivity index (χ2n) is 4.89. The Balaban J connectivity index is 1.86. The summed E-state index contributed by atoms with van der Waals surface area (Å²) in [7, 11) is 0. The molecule has 0 fully saturated rings. The van der Waals surface area contributed by atoms with Crippen molar-refractivity contribution in [2.24, 2.45) is 0 Å². The molecule has 3 rings (SSSR count). The topological polar surface area (TPSA) is 59.3 Å². The zero-order valence-electron chi connectivity index (χ0n) is 11.9. The number of nitrogens with zero attached hydrogens (tertiary/aromatic N) is 3. The molecule has 23 heavy (non-hydrogen) atoms. The molecule has 0 saturated carbocycles. The van der Waals surface area contributed by atoms with Crippen LogP contribution in [0.15, 0.2) is 42.6 Å². The highest BCUT2D eigenvalue weighted by Gasteiger charge is 2.30. The first-order valence-electron chi connectivity index (χ1n) is 6.65. The molecule has 0 atom stereocenters. The van der Waals surface area contributed by atoms with E-state index in [-0.39, 0.29) is 5.56 Å². The summed E-state index contributed by atoms with van der Waals surface area (Å²) in [6, 6.07) is 7.37. The third-order valence-corrected chi connectivity index (χ3v) is 3.33. The Hall–Kier alpha value is -2.90. The van der Waals surface area contributed by atoms with Crippen LogP contribution in [0.4, 0.5) is 18.9 Å². The number of benzene rings is 1. The average molecular weight is 320 g/mol. The highest BCUT2D eigenvalue weighted by atomic mass is 19.4. The first-order valence-corrected chi connectivity index (χ1v) is 6.65. The number of aromatic nitrogens is 3. The van der Waals surface area contributed by atoms with Gasteiger partial charge in [0.05, 0.1) is 11.3 Å². The lowest BCUT2D eigenvalue weighted by molar-refractivity contribution is -0.137. The second kappa shape index (κ2) is 5.38. The lowest BCUT2D eigenvalue weighted by Gasteiger charge is -2.09. The molecule has 0 saturated heterocycles. The highest BCUT2D eigenvalue weighted by Crippen LogP contribution is 2.29. The maximum absolute atomic E-state index is 12.5. The number of carbonyl (C=O) groups excluding carboxylic acids is 1. The predicted molar refractivity (Wildman–Crippen MR) is 77.1 cm³/mol. The monoisotopic (exact) mass is 320 g/mol. The molecule has 0 aliphatic rings. The van der Waals surface area contributed by atoms with Crippen LogP contribution in [0.5, 0.6) is 0 Å². The Bertz CT molecular complexity index is 869. The van der Waals surface area contributed by atoms with Crippen molar-refractivity contribution in [3.63, 3.8) is 0 Å². The van der Waals surface area contributed by atoms with Crippen molar-refractivity contribution in [1.29, 1.82) is 0 Å². The molecule has 8 heteroatoms. The Kier molecular flexibility index (Phi) is 3.51. The molecule has 1 aromatic carbocycles. The summed E-state index contributed by atoms with van der Waals surface area (Å²) in [5.74, 6) is 0.137. The van der Waals surface area contributed by atoms with Gasteiger partial charge in [-0.05, 0) is 43.3 Å². The van der Waals surface area contributed by atoms with Crippen molar-refractivity contribution in [3.05, 3.63) is 59.5 Å². The third-order valence-electron chi connectivity index (χ3n) is 3.33. The number of amides is 1. The first kappa shape index (κ1) is 15.0. The maximum atomic E-state index is 12.5. The van der Waals surface area contributed by atoms with Crippen molar-refractivity contribution >= 4 is 17.2 Å². The summed E-state index contributed by atoms with van der Waals surface area (Å²) < 4.78 is 39.3. The quantitative estimate of drug-likeness (QED) is 0.788. The predicted octanol–water partition coefficient (Wildman–Crippen LogP) is 3.31. The Labute approximate surface area is 128 Å². The minimum Gasteiger partial charge on any atom is -0.319 e. The Morgan fingerprint density at radius 3 is 2.48 bits per heavy atom. The average Bonchev–Trinajstić information content (AvgIpc) is 2.89. The summed E-state index contributed by atoms with van der Waals surface area (Å²) in [4.78, 5) is 12.2. The van der Waals surface area contributed by atoms with Crippen LogP contribution in [0.3, 0.4) is 0 Å². The number of carbonyl (C=O) groups is 1. The van der Waals surface area contributed by atoms with Gasteiger partial charge in [-0.15, -0.1) is 10.2 Å². The number of nitrogens with one attached hydrogen (secondary N) is 1. The summed E-state index contributed by atoms with van der Waals surface area (Å²) in [5, 5.41) is 10.5. The van der Waals surface area contributed by atoms with Crippen molar-refractivity contribution in [2.45, 2.75) is 13.1 Å². The fourth-order valence-electron chi connectivity index (χ4n) is 2.13. The SMILES string of the molecule is Cc1nnc2c(NC(=O)c3ccc(C(F)(F)F)cc3)cccn12. The molecule has 5 nitrogen and oxygen atoms in total. The molecule has 0 spiro atoms. The Morgan fingerprint density at radius 2 is 1.83 bits per heavy atom. The van der Waals surface area contributed by atoms with Gasteiger partial charge in [-0.3, -0.25) is 9.20 Å². The second-order valence-corrected chi connectivity index (χ2v) is 4.89. The number of hydrogen-bond acceptors (Lipinski definition) is 3. The molecule has 0 aliphatic heterocycles. The van der Waals surface area contributed by atoms with Gasteiger partial charge in [-0.1, -0.05) is 0 Å². The normalized spacial score (nSPS) is 11.7. The van der Waals surface area contributed by atoms with Crippen LogP contribution in [0.1, 0.15) is 21.7 Å². The summed E-state index contributed by atoms with van der Waals surface area (Å²) >= 11 is 0. The molecule has 0 aliphatic carbocycles. The molecule has 2 heterocycles. The molecule has 1 N–H and O–H groups in total. The zero-order chi connectivity index (χ0) is 16.6. The van der Waals surface area contributed by atoms with Gasteiger partial charge in [-0.25, -0.2) is 0 Å². The molecule has 118 valence electrons. The maximum Gasteiger partial charge on any atom is 0.416 e. The summed E-state index contributed by atoms with van der Waals surface area (Å²) in [6.07, 6.45) is -2.68. The van der Waals surface area contributed by atoms with Crippen LogP contribution < -0.4 is 5.32 Å². The van der Waals surface area contributed by atoms with E-state index in [9.17, 15) is 18.0 Å². The first-order chi connectivity index (χ1) is 10.9. The lowest BCUT2D eigenvalue weighted by Crippen LogP contribution is -2.13. The fourth-order valence-corrected chi connectivity index (χ4v) is 2.13. The van der Waals surface area contributed by atoms with Crippen LogP contribution in [0, 0.1) is 6.92 Å². The van der Waals surface area contributed by atoms with Gasteiger partial charge < -0.3 is 5.32 Å². The number of pyridine rings is 1. The van der Waals surface area contributed by atoms with Crippen molar-refractivity contribution in [2.75, 3.05) is 5.32 Å². The largest absolute Gasteiger partial charge is 0.416 e. The number of hydrogen-bond donors (Lipinski definition) is 1. The van der Waals surface area contributed by atoms with E-state index in [1.54, 1.807) is 29.7 Å². The molecule has 3 aromatic rings. The lowest BCUT2D eigenvalue weighted by atomic mass is 10.1. The van der Waals surface area contributed by atoms with E-state index in [2.05, 4.69) is 15.5 Å². The van der Waals surface area contributed by atoms with E-state index in [0.717, 1.165) is 24.3 Å². The van der Waals surface area contributed by atoms with Crippen LogP contribution in [0.2, 0.25) is 0 Å². The molecule has 0 bridgehead atoms. The van der Waals surface area contributed by atoms with Crippen LogP contribution in [-0.4, -0.2) is 20.5 Å². The van der Waals surface area contributed by atoms with Crippen molar-refractivity contribution in [3.8, 4) is 0 Å². The number of alkyl halides is 3. The number of rotatable bonds is 2. The molecule has 2 aromatic heterocycles. The van der Waals surface area contributed by atoms with Crippen molar-refractivity contribution in [1.82, 2.24) is 14.6 Å². The van der Waals surface area contributed by atoms with E-state index < -0.39 is 17.6 Å². The van der Waals surface area contributed by atoms with Gasteiger partial charge in [0.2, 0.25) is 0 Å². The minimum absolute atomic E-state index is 0.122. The van der Waals surface area contributed by atoms with E-state index in [1.807, 2.05) is 0 Å². The minimum atomic E-state index is -4.43. The summed E-state index contributed by atoms with van der Waals surface area (Å²) in [6.45, 7) is 1.77. The van der Waals surface area contributed by atoms with E-state index in [4.69, 9.17) is 0 Å².